The molecule has 0 radical (unpaired) electrons. The van der Waals surface area contributed by atoms with Gasteiger partial charge in [-0.3, -0.25) is 0 Å². The minimum atomic E-state index is -3.10. The van der Waals surface area contributed by atoms with Gasteiger partial charge in [0.1, 0.15) is 0 Å². The Kier molecular flexibility index (Phi) is 4.68. The molecule has 2 aromatic rings. The first-order valence-electron chi connectivity index (χ1n) is 5.28. The third-order valence-electron chi connectivity index (χ3n) is 2.48. The zero-order valence-corrected chi connectivity index (χ0v) is 11.9. The standard InChI is InChI=1S/C13H6Cl3F3O/c14-7-2-3-8(15)12(16)11(7)6-1-4-10(9(17)5-6)20-13(18)19/h1-5,13H. The number of alkyl halides is 2. The third-order valence-corrected chi connectivity index (χ3v) is 3.60. The summed E-state index contributed by atoms with van der Waals surface area (Å²) < 4.78 is 41.8. The van der Waals surface area contributed by atoms with E-state index in [2.05, 4.69) is 4.74 Å². The van der Waals surface area contributed by atoms with E-state index in [0.29, 0.717) is 11.1 Å². The van der Waals surface area contributed by atoms with Crippen LogP contribution in [-0.2, 0) is 0 Å². The molecular formula is C13H6Cl3F3O. The van der Waals surface area contributed by atoms with Gasteiger partial charge in [0.2, 0.25) is 0 Å². The molecule has 0 aliphatic carbocycles. The molecule has 106 valence electrons. The number of hydrogen-bond donors (Lipinski definition) is 0. The van der Waals surface area contributed by atoms with Gasteiger partial charge < -0.3 is 4.74 Å². The van der Waals surface area contributed by atoms with Crippen molar-refractivity contribution in [1.82, 2.24) is 0 Å². The predicted octanol–water partition coefficient (Wildman–Crippen LogP) is 6.05. The van der Waals surface area contributed by atoms with E-state index in [1.807, 2.05) is 0 Å². The van der Waals surface area contributed by atoms with Crippen LogP contribution in [0.1, 0.15) is 0 Å². The third kappa shape index (κ3) is 3.14. The number of ether oxygens (including phenoxy) is 1. The second-order valence-electron chi connectivity index (χ2n) is 3.74. The Balaban J connectivity index is 2.50. The van der Waals surface area contributed by atoms with E-state index in [1.54, 1.807) is 0 Å². The first kappa shape index (κ1) is 15.3. The molecule has 0 unspecified atom stereocenters. The molecule has 0 saturated carbocycles. The first-order chi connectivity index (χ1) is 9.40. The highest BCUT2D eigenvalue weighted by Gasteiger charge is 2.15. The largest absolute Gasteiger partial charge is 0.432 e. The lowest BCUT2D eigenvalue weighted by molar-refractivity contribution is -0.0521. The molecule has 0 spiro atoms. The zero-order chi connectivity index (χ0) is 14.9. The normalized spacial score (nSPS) is 10.9. The summed E-state index contributed by atoms with van der Waals surface area (Å²) in [6.45, 7) is -3.10. The van der Waals surface area contributed by atoms with Gasteiger partial charge in [-0.15, -0.1) is 0 Å². The van der Waals surface area contributed by atoms with Crippen molar-refractivity contribution >= 4 is 34.8 Å². The van der Waals surface area contributed by atoms with Gasteiger partial charge in [-0.2, -0.15) is 8.78 Å². The van der Waals surface area contributed by atoms with Gasteiger partial charge >= 0.3 is 6.61 Å². The number of halogens is 6. The summed E-state index contributed by atoms with van der Waals surface area (Å²) in [5.41, 5.74) is 0.630. The van der Waals surface area contributed by atoms with E-state index in [-0.39, 0.29) is 15.1 Å². The first-order valence-corrected chi connectivity index (χ1v) is 6.41. The van der Waals surface area contributed by atoms with Crippen molar-refractivity contribution in [2.75, 3.05) is 0 Å². The molecule has 20 heavy (non-hydrogen) atoms. The average molecular weight is 342 g/mol. The molecule has 0 aromatic heterocycles. The van der Waals surface area contributed by atoms with Crippen molar-refractivity contribution < 1.29 is 17.9 Å². The van der Waals surface area contributed by atoms with Gasteiger partial charge in [-0.05, 0) is 29.8 Å². The van der Waals surface area contributed by atoms with Crippen LogP contribution in [0.2, 0.25) is 15.1 Å². The molecular weight excluding hydrogens is 335 g/mol. The van der Waals surface area contributed by atoms with Crippen LogP contribution in [0.5, 0.6) is 5.75 Å². The van der Waals surface area contributed by atoms with E-state index < -0.39 is 18.2 Å². The van der Waals surface area contributed by atoms with Gasteiger partial charge in [0, 0.05) is 10.6 Å². The van der Waals surface area contributed by atoms with Crippen LogP contribution in [0.3, 0.4) is 0 Å². The second kappa shape index (κ2) is 6.12. The van der Waals surface area contributed by atoms with Crippen molar-refractivity contribution in [3.8, 4) is 16.9 Å². The Morgan fingerprint density at radius 3 is 2.20 bits per heavy atom. The van der Waals surface area contributed by atoms with E-state index in [4.69, 9.17) is 34.8 Å². The quantitative estimate of drug-likeness (QED) is 0.617. The van der Waals surface area contributed by atoms with Crippen LogP contribution in [0.4, 0.5) is 13.2 Å². The summed E-state index contributed by atoms with van der Waals surface area (Å²) >= 11 is 17.9. The van der Waals surface area contributed by atoms with Crippen molar-refractivity contribution in [3.05, 3.63) is 51.2 Å². The van der Waals surface area contributed by atoms with Crippen LogP contribution in [0.25, 0.3) is 11.1 Å². The highest BCUT2D eigenvalue weighted by molar-refractivity contribution is 6.46. The molecule has 0 aliphatic rings. The van der Waals surface area contributed by atoms with Crippen LogP contribution in [0.15, 0.2) is 30.3 Å². The van der Waals surface area contributed by atoms with Gasteiger partial charge in [-0.25, -0.2) is 4.39 Å². The molecule has 0 fully saturated rings. The second-order valence-corrected chi connectivity index (χ2v) is 4.93. The molecule has 0 N–H and O–H groups in total. The van der Waals surface area contributed by atoms with Crippen LogP contribution in [-0.4, -0.2) is 6.61 Å². The fourth-order valence-electron chi connectivity index (χ4n) is 1.64. The molecule has 0 amide bonds. The van der Waals surface area contributed by atoms with Crippen molar-refractivity contribution in [3.63, 3.8) is 0 Å². The Hall–Kier alpha value is -1.10. The lowest BCUT2D eigenvalue weighted by Gasteiger charge is -2.11. The van der Waals surface area contributed by atoms with Crippen molar-refractivity contribution in [2.24, 2.45) is 0 Å². The van der Waals surface area contributed by atoms with Gasteiger partial charge in [0.15, 0.2) is 11.6 Å². The Bertz CT molecular complexity index is 647. The number of benzene rings is 2. The van der Waals surface area contributed by atoms with Crippen molar-refractivity contribution in [1.29, 1.82) is 0 Å². The molecule has 2 aromatic carbocycles. The predicted molar refractivity (Wildman–Crippen MR) is 73.5 cm³/mol. The molecule has 0 aliphatic heterocycles. The van der Waals surface area contributed by atoms with E-state index in [9.17, 15) is 13.2 Å². The average Bonchev–Trinajstić information content (AvgIpc) is 2.37. The topological polar surface area (TPSA) is 9.23 Å². The Morgan fingerprint density at radius 2 is 1.60 bits per heavy atom. The highest BCUT2D eigenvalue weighted by Crippen LogP contribution is 2.40. The minimum absolute atomic E-state index is 0.154. The lowest BCUT2D eigenvalue weighted by atomic mass is 10.1. The SMILES string of the molecule is Fc1cc(-c2c(Cl)ccc(Cl)c2Cl)ccc1OC(F)F. The van der Waals surface area contributed by atoms with E-state index in [1.165, 1.54) is 18.2 Å². The summed E-state index contributed by atoms with van der Waals surface area (Å²) in [4.78, 5) is 0. The molecule has 0 atom stereocenters. The fourth-order valence-corrected chi connectivity index (χ4v) is 2.39. The van der Waals surface area contributed by atoms with E-state index >= 15 is 0 Å². The van der Waals surface area contributed by atoms with E-state index in [0.717, 1.165) is 12.1 Å². The molecule has 0 saturated heterocycles. The molecule has 0 bridgehead atoms. The number of rotatable bonds is 3. The fraction of sp³-hybridized carbons (Fsp3) is 0.0769. The summed E-state index contributed by atoms with van der Waals surface area (Å²) in [6, 6.07) is 6.45. The lowest BCUT2D eigenvalue weighted by Crippen LogP contribution is -2.03. The maximum absolute atomic E-state index is 13.7. The highest BCUT2D eigenvalue weighted by atomic mass is 35.5. The molecule has 7 heteroatoms. The molecule has 0 heterocycles. The maximum atomic E-state index is 13.7. The minimum Gasteiger partial charge on any atom is -0.432 e. The summed E-state index contributed by atoms with van der Waals surface area (Å²) in [7, 11) is 0. The summed E-state index contributed by atoms with van der Waals surface area (Å²) in [6.07, 6.45) is 0. The molecule has 2 rings (SSSR count). The Labute approximate surface area is 127 Å². The van der Waals surface area contributed by atoms with Crippen LogP contribution in [0, 0.1) is 5.82 Å². The van der Waals surface area contributed by atoms with Gasteiger partial charge in [0.05, 0.1) is 10.0 Å². The summed E-state index contributed by atoms with van der Waals surface area (Å²) in [5, 5.41) is 0.668. The maximum Gasteiger partial charge on any atom is 0.387 e. The van der Waals surface area contributed by atoms with Crippen LogP contribution >= 0.6 is 34.8 Å². The van der Waals surface area contributed by atoms with Crippen LogP contribution < -0.4 is 4.74 Å². The van der Waals surface area contributed by atoms with Gasteiger partial charge in [0.25, 0.3) is 0 Å². The molecule has 1 nitrogen and oxygen atoms in total. The number of hydrogen-bond acceptors (Lipinski definition) is 1. The van der Waals surface area contributed by atoms with Gasteiger partial charge in [-0.1, -0.05) is 40.9 Å². The summed E-state index contributed by atoms with van der Waals surface area (Å²) in [5.74, 6) is -1.51. The monoisotopic (exact) mass is 340 g/mol. The van der Waals surface area contributed by atoms with Crippen molar-refractivity contribution in [2.45, 2.75) is 6.61 Å². The zero-order valence-electron chi connectivity index (χ0n) is 9.64. The smallest absolute Gasteiger partial charge is 0.387 e. The Morgan fingerprint density at radius 1 is 0.950 bits per heavy atom.